The molecule has 11 heteroatoms. The largest absolute Gasteiger partial charge is 0.363 e. The van der Waals surface area contributed by atoms with Gasteiger partial charge in [-0.25, -0.2) is 17.2 Å². The summed E-state index contributed by atoms with van der Waals surface area (Å²) in [5.74, 6) is -1.71. The van der Waals surface area contributed by atoms with Gasteiger partial charge in [0.15, 0.2) is 0 Å². The molecule has 2 aliphatic rings. The molecule has 0 aliphatic carbocycles. The number of nitrogens with one attached hydrogen (secondary N) is 2. The number of piperazine rings is 1. The molecule has 1 unspecified atom stereocenters. The van der Waals surface area contributed by atoms with Crippen LogP contribution < -0.4 is 5.32 Å². The third-order valence-corrected chi connectivity index (χ3v) is 8.30. The molecule has 1 atom stereocenters. The molecule has 2 heterocycles. The number of carbonyl (C=O) groups is 1. The number of amides is 1. The summed E-state index contributed by atoms with van der Waals surface area (Å²) < 4.78 is 53.1. The Balaban J connectivity index is 1.81. The summed E-state index contributed by atoms with van der Waals surface area (Å²) in [6.45, 7) is 4.18. The Kier molecular flexibility index (Phi) is 6.30. The lowest BCUT2D eigenvalue weighted by Gasteiger charge is -2.45. The molecule has 2 aliphatic heterocycles. The van der Waals surface area contributed by atoms with Crippen molar-refractivity contribution in [2.75, 3.05) is 30.7 Å². The number of allylic oxidation sites excluding steroid dienone is 1. The Labute approximate surface area is 172 Å². The number of carbonyl (C=O) groups excluding carboxylic acids is 1. The second kappa shape index (κ2) is 8.41. The van der Waals surface area contributed by atoms with Crippen LogP contribution in [0.25, 0.3) is 0 Å². The molecular weight excluding hydrogens is 422 g/mol. The molecule has 1 saturated heterocycles. The van der Waals surface area contributed by atoms with Gasteiger partial charge in [0.2, 0.25) is 10.0 Å². The quantitative estimate of drug-likeness (QED) is 0.680. The van der Waals surface area contributed by atoms with Crippen molar-refractivity contribution >= 4 is 39.6 Å². The lowest BCUT2D eigenvalue weighted by Crippen LogP contribution is -2.57. The molecule has 3 rings (SSSR count). The van der Waals surface area contributed by atoms with Crippen LogP contribution in [0.5, 0.6) is 0 Å². The van der Waals surface area contributed by atoms with E-state index in [1.807, 2.05) is 4.90 Å². The minimum atomic E-state index is -3.38. The predicted molar refractivity (Wildman–Crippen MR) is 109 cm³/mol. The summed E-state index contributed by atoms with van der Waals surface area (Å²) in [6.07, 6.45) is 1.06. The Morgan fingerprint density at radius 2 is 1.93 bits per heavy atom. The standard InChI is InChI=1S/C18H22F2N4O3S2/c1-11(2)29(26,27)23-3-4-24-15(9-23)10-28-17(16(24)8-21)18(25)22-14-6-12(19)5-13(20)7-14/h5-8,11,15,21H,3-4,9-10H2,1-2H3,(H,22,25). The van der Waals surface area contributed by atoms with Crippen molar-refractivity contribution in [3.63, 3.8) is 0 Å². The lowest BCUT2D eigenvalue weighted by molar-refractivity contribution is -0.112. The van der Waals surface area contributed by atoms with Crippen LogP contribution in [-0.4, -0.2) is 66.4 Å². The van der Waals surface area contributed by atoms with E-state index in [1.54, 1.807) is 13.8 Å². The van der Waals surface area contributed by atoms with Gasteiger partial charge in [-0.3, -0.25) is 4.79 Å². The number of halogens is 2. The molecule has 2 N–H and O–H groups in total. The Morgan fingerprint density at radius 1 is 1.28 bits per heavy atom. The fourth-order valence-electron chi connectivity index (χ4n) is 3.34. The zero-order valence-corrected chi connectivity index (χ0v) is 17.6. The number of anilines is 1. The highest BCUT2D eigenvalue weighted by molar-refractivity contribution is 8.04. The number of fused-ring (bicyclic) bond motifs is 1. The normalized spacial score (nSPS) is 20.6. The topological polar surface area (TPSA) is 93.6 Å². The monoisotopic (exact) mass is 444 g/mol. The summed E-state index contributed by atoms with van der Waals surface area (Å²) in [6, 6.07) is 2.57. The SMILES string of the molecule is CC(C)S(=O)(=O)N1CCN2C(C=N)=C(C(=O)Nc3cc(F)cc(F)c3)SCC2C1. The molecule has 1 aromatic carbocycles. The third kappa shape index (κ3) is 4.46. The van der Waals surface area contributed by atoms with E-state index in [4.69, 9.17) is 5.41 Å². The van der Waals surface area contributed by atoms with E-state index >= 15 is 0 Å². The number of nitrogens with zero attached hydrogens (tertiary/aromatic N) is 2. The fourth-order valence-corrected chi connectivity index (χ4v) is 5.81. The molecular formula is C18H22F2N4O3S2. The number of benzene rings is 1. The van der Waals surface area contributed by atoms with Crippen LogP contribution in [0.15, 0.2) is 28.8 Å². The smallest absolute Gasteiger partial charge is 0.264 e. The van der Waals surface area contributed by atoms with Crippen molar-refractivity contribution in [2.45, 2.75) is 25.1 Å². The van der Waals surface area contributed by atoms with E-state index in [0.717, 1.165) is 18.3 Å². The van der Waals surface area contributed by atoms with Crippen molar-refractivity contribution in [1.29, 1.82) is 5.41 Å². The van der Waals surface area contributed by atoms with Crippen molar-refractivity contribution in [3.05, 3.63) is 40.4 Å². The maximum Gasteiger partial charge on any atom is 0.264 e. The Hall–Kier alpha value is -1.98. The first-order chi connectivity index (χ1) is 13.6. The summed E-state index contributed by atoms with van der Waals surface area (Å²) in [5, 5.41) is 9.71. The minimum absolute atomic E-state index is 0.0140. The van der Waals surface area contributed by atoms with Crippen LogP contribution in [0.3, 0.4) is 0 Å². The van der Waals surface area contributed by atoms with E-state index in [1.165, 1.54) is 16.1 Å². The number of sulfonamides is 1. The van der Waals surface area contributed by atoms with Crippen LogP contribution in [0, 0.1) is 17.0 Å². The predicted octanol–water partition coefficient (Wildman–Crippen LogP) is 2.24. The molecule has 0 aromatic heterocycles. The highest BCUT2D eigenvalue weighted by atomic mass is 32.2. The maximum absolute atomic E-state index is 13.4. The molecule has 1 fully saturated rings. The summed E-state index contributed by atoms with van der Waals surface area (Å²) in [5.41, 5.74) is 0.363. The number of hydrogen-bond acceptors (Lipinski definition) is 6. The average Bonchev–Trinajstić information content (AvgIpc) is 2.65. The molecule has 0 saturated carbocycles. The summed E-state index contributed by atoms with van der Waals surface area (Å²) in [7, 11) is -3.38. The van der Waals surface area contributed by atoms with Crippen molar-refractivity contribution in [2.24, 2.45) is 0 Å². The van der Waals surface area contributed by atoms with Gasteiger partial charge in [0, 0.05) is 43.4 Å². The van der Waals surface area contributed by atoms with Crippen LogP contribution in [0.4, 0.5) is 14.5 Å². The third-order valence-electron chi connectivity index (χ3n) is 4.83. The Morgan fingerprint density at radius 3 is 2.52 bits per heavy atom. The van der Waals surface area contributed by atoms with Gasteiger partial charge in [0.05, 0.1) is 21.9 Å². The second-order valence-corrected chi connectivity index (χ2v) is 10.6. The zero-order chi connectivity index (χ0) is 21.3. The molecule has 0 bridgehead atoms. The van der Waals surface area contributed by atoms with Gasteiger partial charge < -0.3 is 15.6 Å². The first-order valence-electron chi connectivity index (χ1n) is 9.04. The fraction of sp³-hybridized carbons (Fsp3) is 0.444. The van der Waals surface area contributed by atoms with E-state index in [0.29, 0.717) is 24.1 Å². The lowest BCUT2D eigenvalue weighted by atomic mass is 10.1. The molecule has 158 valence electrons. The van der Waals surface area contributed by atoms with Gasteiger partial charge in [0.1, 0.15) is 11.6 Å². The highest BCUT2D eigenvalue weighted by Gasteiger charge is 2.39. The summed E-state index contributed by atoms with van der Waals surface area (Å²) in [4.78, 5) is 14.8. The van der Waals surface area contributed by atoms with Gasteiger partial charge in [-0.1, -0.05) is 0 Å². The average molecular weight is 445 g/mol. The first kappa shape index (κ1) is 21.7. The van der Waals surface area contributed by atoms with Crippen molar-refractivity contribution in [1.82, 2.24) is 9.21 Å². The Bertz CT molecular complexity index is 946. The zero-order valence-electron chi connectivity index (χ0n) is 16.0. The van der Waals surface area contributed by atoms with Crippen molar-refractivity contribution in [3.8, 4) is 0 Å². The number of rotatable bonds is 5. The van der Waals surface area contributed by atoms with E-state index < -0.39 is 32.8 Å². The molecule has 1 aromatic rings. The molecule has 1 amide bonds. The molecule has 0 radical (unpaired) electrons. The van der Waals surface area contributed by atoms with Gasteiger partial charge in [0.25, 0.3) is 5.91 Å². The van der Waals surface area contributed by atoms with Gasteiger partial charge >= 0.3 is 0 Å². The molecule has 7 nitrogen and oxygen atoms in total. The number of hydrogen-bond donors (Lipinski definition) is 2. The molecule has 0 spiro atoms. The van der Waals surface area contributed by atoms with E-state index in [2.05, 4.69) is 5.32 Å². The second-order valence-electron chi connectivity index (χ2n) is 7.08. The highest BCUT2D eigenvalue weighted by Crippen LogP contribution is 2.34. The van der Waals surface area contributed by atoms with Crippen molar-refractivity contribution < 1.29 is 22.0 Å². The van der Waals surface area contributed by atoms with Crippen LogP contribution in [0.2, 0.25) is 0 Å². The maximum atomic E-state index is 13.4. The van der Waals surface area contributed by atoms with Gasteiger partial charge in [-0.2, -0.15) is 4.31 Å². The van der Waals surface area contributed by atoms with Gasteiger partial charge in [-0.05, 0) is 26.0 Å². The minimum Gasteiger partial charge on any atom is -0.363 e. The first-order valence-corrected chi connectivity index (χ1v) is 11.5. The van der Waals surface area contributed by atoms with Gasteiger partial charge in [-0.15, -0.1) is 11.8 Å². The van der Waals surface area contributed by atoms with E-state index in [9.17, 15) is 22.0 Å². The van der Waals surface area contributed by atoms with Crippen LogP contribution in [0.1, 0.15) is 13.8 Å². The van der Waals surface area contributed by atoms with Crippen LogP contribution >= 0.6 is 11.8 Å². The van der Waals surface area contributed by atoms with E-state index in [-0.39, 0.29) is 29.7 Å². The summed E-state index contributed by atoms with van der Waals surface area (Å²) >= 11 is 1.20. The number of thioether (sulfide) groups is 1. The van der Waals surface area contributed by atoms with Crippen LogP contribution in [-0.2, 0) is 14.8 Å². The molecule has 29 heavy (non-hydrogen) atoms.